The molecular weight excluding hydrogens is 270 g/mol. The van der Waals surface area contributed by atoms with Gasteiger partial charge >= 0.3 is 6.03 Å². The first-order valence-corrected chi connectivity index (χ1v) is 7.26. The Morgan fingerprint density at radius 2 is 2.05 bits per heavy atom. The summed E-state index contributed by atoms with van der Waals surface area (Å²) in [5.41, 5.74) is 0.647. The van der Waals surface area contributed by atoms with Crippen molar-refractivity contribution in [2.24, 2.45) is 0 Å². The van der Waals surface area contributed by atoms with Crippen LogP contribution in [0.5, 0.6) is 0 Å². The number of anilines is 2. The van der Waals surface area contributed by atoms with E-state index in [2.05, 4.69) is 20.5 Å². The Kier molecular flexibility index (Phi) is 3.89. The van der Waals surface area contributed by atoms with Crippen LogP contribution in [0.1, 0.15) is 12.8 Å². The largest absolute Gasteiger partial charge is 0.357 e. The first kappa shape index (κ1) is 13.7. The molecule has 1 aromatic rings. The molecule has 3 heterocycles. The zero-order valence-corrected chi connectivity index (χ0v) is 11.8. The number of nitrogens with zero attached hydrogens (tertiary/aromatic N) is 3. The molecule has 2 saturated heterocycles. The van der Waals surface area contributed by atoms with E-state index >= 15 is 0 Å². The van der Waals surface area contributed by atoms with Crippen LogP contribution >= 0.6 is 0 Å². The van der Waals surface area contributed by atoms with Crippen molar-refractivity contribution in [2.75, 3.05) is 42.9 Å². The van der Waals surface area contributed by atoms with Gasteiger partial charge in [-0.3, -0.25) is 4.79 Å². The minimum Gasteiger partial charge on any atom is -0.357 e. The molecule has 3 rings (SSSR count). The molecule has 2 aliphatic heterocycles. The number of amides is 3. The normalized spacial score (nSPS) is 18.6. The van der Waals surface area contributed by atoms with Gasteiger partial charge in [0.05, 0.1) is 11.9 Å². The molecule has 0 saturated carbocycles. The van der Waals surface area contributed by atoms with Crippen LogP contribution in [0.25, 0.3) is 0 Å². The Labute approximate surface area is 123 Å². The third-order valence-electron chi connectivity index (χ3n) is 3.75. The molecule has 0 bridgehead atoms. The summed E-state index contributed by atoms with van der Waals surface area (Å²) in [6.07, 6.45) is 4.07. The van der Waals surface area contributed by atoms with E-state index in [1.54, 1.807) is 6.20 Å². The van der Waals surface area contributed by atoms with Crippen LogP contribution in [0.15, 0.2) is 18.3 Å². The molecule has 7 heteroatoms. The third-order valence-corrected chi connectivity index (χ3v) is 3.75. The van der Waals surface area contributed by atoms with Crippen molar-refractivity contribution in [1.29, 1.82) is 0 Å². The van der Waals surface area contributed by atoms with Gasteiger partial charge in [-0.05, 0) is 25.0 Å². The smallest absolute Gasteiger partial charge is 0.322 e. The van der Waals surface area contributed by atoms with Crippen LogP contribution in [-0.4, -0.2) is 54.5 Å². The number of hydrogen-bond donors (Lipinski definition) is 2. The Morgan fingerprint density at radius 1 is 1.24 bits per heavy atom. The predicted molar refractivity (Wildman–Crippen MR) is 79.3 cm³/mol. The second kappa shape index (κ2) is 5.99. The summed E-state index contributed by atoms with van der Waals surface area (Å²) in [5, 5.41) is 5.47. The summed E-state index contributed by atoms with van der Waals surface area (Å²) < 4.78 is 0. The maximum absolute atomic E-state index is 12.1. The van der Waals surface area contributed by atoms with E-state index in [4.69, 9.17) is 0 Å². The predicted octanol–water partition coefficient (Wildman–Crippen LogP) is 0.646. The van der Waals surface area contributed by atoms with E-state index in [9.17, 15) is 9.59 Å². The Morgan fingerprint density at radius 3 is 2.71 bits per heavy atom. The van der Waals surface area contributed by atoms with Gasteiger partial charge in [-0.2, -0.15) is 0 Å². The summed E-state index contributed by atoms with van der Waals surface area (Å²) in [4.78, 5) is 31.4. The topological polar surface area (TPSA) is 77.6 Å². The standard InChI is InChI=1S/C14H19N5O2/c20-13-10-19(8-5-15-13)14(21)17-11-3-4-12(16-9-11)18-6-1-2-7-18/h3-4,9H,1-2,5-8,10H2,(H,15,20)(H,17,21). The van der Waals surface area contributed by atoms with Gasteiger partial charge in [-0.1, -0.05) is 0 Å². The van der Waals surface area contributed by atoms with Gasteiger partial charge in [0, 0.05) is 26.2 Å². The van der Waals surface area contributed by atoms with Gasteiger partial charge < -0.3 is 20.4 Å². The highest BCUT2D eigenvalue weighted by molar-refractivity contribution is 5.92. The van der Waals surface area contributed by atoms with Crippen LogP contribution in [0.3, 0.4) is 0 Å². The zero-order valence-electron chi connectivity index (χ0n) is 11.8. The highest BCUT2D eigenvalue weighted by atomic mass is 16.2. The monoisotopic (exact) mass is 289 g/mol. The number of hydrogen-bond acceptors (Lipinski definition) is 4. The molecule has 0 aromatic carbocycles. The van der Waals surface area contributed by atoms with Crippen molar-refractivity contribution < 1.29 is 9.59 Å². The lowest BCUT2D eigenvalue weighted by Crippen LogP contribution is -2.51. The third kappa shape index (κ3) is 3.24. The van der Waals surface area contributed by atoms with Crippen molar-refractivity contribution in [1.82, 2.24) is 15.2 Å². The Balaban J connectivity index is 1.59. The number of pyridine rings is 1. The van der Waals surface area contributed by atoms with Gasteiger partial charge in [0.25, 0.3) is 0 Å². The van der Waals surface area contributed by atoms with Crippen LogP contribution < -0.4 is 15.5 Å². The second-order valence-corrected chi connectivity index (χ2v) is 5.30. The summed E-state index contributed by atoms with van der Waals surface area (Å²) in [6, 6.07) is 3.51. The minimum absolute atomic E-state index is 0.102. The van der Waals surface area contributed by atoms with Gasteiger partial charge in [0.2, 0.25) is 5.91 Å². The lowest BCUT2D eigenvalue weighted by Gasteiger charge is -2.26. The molecule has 7 nitrogen and oxygen atoms in total. The van der Waals surface area contributed by atoms with Crippen molar-refractivity contribution in [3.8, 4) is 0 Å². The van der Waals surface area contributed by atoms with E-state index in [0.717, 1.165) is 18.9 Å². The number of aromatic nitrogens is 1. The lowest BCUT2D eigenvalue weighted by atomic mass is 10.3. The van der Waals surface area contributed by atoms with Gasteiger partial charge in [-0.15, -0.1) is 0 Å². The summed E-state index contributed by atoms with van der Waals surface area (Å²) in [6.45, 7) is 3.21. The SMILES string of the molecule is O=C1CN(C(=O)Nc2ccc(N3CCCC3)nc2)CCN1. The van der Waals surface area contributed by atoms with Crippen molar-refractivity contribution in [3.63, 3.8) is 0 Å². The van der Waals surface area contributed by atoms with E-state index < -0.39 is 0 Å². The molecule has 3 amide bonds. The van der Waals surface area contributed by atoms with E-state index in [1.165, 1.54) is 17.7 Å². The highest BCUT2D eigenvalue weighted by Gasteiger charge is 2.21. The van der Waals surface area contributed by atoms with Crippen molar-refractivity contribution in [2.45, 2.75) is 12.8 Å². The highest BCUT2D eigenvalue weighted by Crippen LogP contribution is 2.19. The summed E-state index contributed by atoms with van der Waals surface area (Å²) >= 11 is 0. The summed E-state index contributed by atoms with van der Waals surface area (Å²) in [7, 11) is 0. The number of rotatable bonds is 2. The van der Waals surface area contributed by atoms with Crippen molar-refractivity contribution >= 4 is 23.4 Å². The van der Waals surface area contributed by atoms with Crippen LogP contribution in [0.2, 0.25) is 0 Å². The van der Waals surface area contributed by atoms with E-state index in [1.807, 2.05) is 12.1 Å². The van der Waals surface area contributed by atoms with Gasteiger partial charge in [0.1, 0.15) is 12.4 Å². The van der Waals surface area contributed by atoms with E-state index in [-0.39, 0.29) is 18.5 Å². The quantitative estimate of drug-likeness (QED) is 0.838. The molecule has 0 aliphatic carbocycles. The second-order valence-electron chi connectivity index (χ2n) is 5.30. The average molecular weight is 289 g/mol. The number of carbonyl (C=O) groups excluding carboxylic acids is 2. The molecule has 1 aromatic heterocycles. The van der Waals surface area contributed by atoms with E-state index in [0.29, 0.717) is 18.8 Å². The van der Waals surface area contributed by atoms with Crippen LogP contribution in [-0.2, 0) is 4.79 Å². The number of piperazine rings is 1. The molecule has 0 radical (unpaired) electrons. The molecule has 0 spiro atoms. The minimum atomic E-state index is -0.263. The maximum atomic E-state index is 12.1. The molecule has 21 heavy (non-hydrogen) atoms. The molecule has 0 unspecified atom stereocenters. The fourth-order valence-corrected chi connectivity index (χ4v) is 2.61. The number of carbonyl (C=O) groups is 2. The molecule has 2 N–H and O–H groups in total. The fourth-order valence-electron chi connectivity index (χ4n) is 2.61. The molecule has 0 atom stereocenters. The number of urea groups is 1. The molecular formula is C14H19N5O2. The first-order chi connectivity index (χ1) is 10.2. The zero-order chi connectivity index (χ0) is 14.7. The molecule has 2 aliphatic rings. The Bertz CT molecular complexity index is 525. The lowest BCUT2D eigenvalue weighted by molar-refractivity contribution is -0.123. The van der Waals surface area contributed by atoms with Gasteiger partial charge in [-0.25, -0.2) is 9.78 Å². The Hall–Kier alpha value is -2.31. The average Bonchev–Trinajstić information content (AvgIpc) is 3.02. The molecule has 112 valence electrons. The first-order valence-electron chi connectivity index (χ1n) is 7.26. The maximum Gasteiger partial charge on any atom is 0.322 e. The van der Waals surface area contributed by atoms with Crippen molar-refractivity contribution in [3.05, 3.63) is 18.3 Å². The van der Waals surface area contributed by atoms with Crippen LogP contribution in [0, 0.1) is 0 Å². The van der Waals surface area contributed by atoms with Gasteiger partial charge in [0.15, 0.2) is 0 Å². The fraction of sp³-hybridized carbons (Fsp3) is 0.500. The van der Waals surface area contributed by atoms with Crippen LogP contribution in [0.4, 0.5) is 16.3 Å². The summed E-state index contributed by atoms with van der Waals surface area (Å²) in [5.74, 6) is 0.821. The number of nitrogens with one attached hydrogen (secondary N) is 2. The molecule has 2 fully saturated rings.